The van der Waals surface area contributed by atoms with Gasteiger partial charge in [-0.2, -0.15) is 0 Å². The van der Waals surface area contributed by atoms with Gasteiger partial charge in [-0.1, -0.05) is 6.92 Å². The van der Waals surface area contributed by atoms with Crippen molar-refractivity contribution in [3.05, 3.63) is 17.6 Å². The van der Waals surface area contributed by atoms with E-state index in [1.165, 1.54) is 24.1 Å². The summed E-state index contributed by atoms with van der Waals surface area (Å²) in [4.78, 5) is 8.76. The Hall–Kier alpha value is -1.16. The summed E-state index contributed by atoms with van der Waals surface area (Å²) in [5.74, 6) is 1.01. The van der Waals surface area contributed by atoms with E-state index in [2.05, 4.69) is 22.2 Å². The van der Waals surface area contributed by atoms with Gasteiger partial charge in [0.1, 0.15) is 12.1 Å². The number of fused-ring (bicyclic) bond motifs is 1. The molecule has 0 aromatic carbocycles. The Labute approximate surface area is 103 Å². The maximum atomic E-state index is 5.21. The van der Waals surface area contributed by atoms with E-state index in [1.54, 1.807) is 13.4 Å². The number of nitrogens with one attached hydrogen (secondary N) is 1. The molecule has 0 saturated carbocycles. The molecule has 1 heterocycles. The van der Waals surface area contributed by atoms with Gasteiger partial charge in [0, 0.05) is 18.4 Å². The second-order valence-electron chi connectivity index (χ2n) is 4.56. The minimum absolute atomic E-state index is 0.334. The average Bonchev–Trinajstić information content (AvgIpc) is 2.38. The number of rotatable bonds is 5. The quantitative estimate of drug-likeness (QED) is 0.850. The fourth-order valence-electron chi connectivity index (χ4n) is 2.30. The van der Waals surface area contributed by atoms with Crippen LogP contribution in [-0.2, 0) is 17.6 Å². The molecule has 0 spiro atoms. The van der Waals surface area contributed by atoms with Crippen LogP contribution in [0, 0.1) is 0 Å². The Balaban J connectivity index is 2.14. The van der Waals surface area contributed by atoms with E-state index < -0.39 is 0 Å². The van der Waals surface area contributed by atoms with Crippen molar-refractivity contribution in [1.29, 1.82) is 0 Å². The van der Waals surface area contributed by atoms with Crippen LogP contribution in [0.15, 0.2) is 6.33 Å². The predicted octanol–water partition coefficient (Wildman–Crippen LogP) is 2.19. The molecule has 0 fully saturated rings. The molecule has 4 nitrogen and oxygen atoms in total. The number of anilines is 1. The first-order chi connectivity index (χ1) is 8.35. The molecule has 1 aromatic rings. The summed E-state index contributed by atoms with van der Waals surface area (Å²) in [6.45, 7) is 2.87. The second-order valence-corrected chi connectivity index (χ2v) is 4.56. The molecule has 17 heavy (non-hydrogen) atoms. The highest BCUT2D eigenvalue weighted by molar-refractivity contribution is 5.47. The van der Waals surface area contributed by atoms with Crippen LogP contribution >= 0.6 is 0 Å². The molecule has 94 valence electrons. The molecule has 1 unspecified atom stereocenters. The molecule has 0 aliphatic heterocycles. The maximum absolute atomic E-state index is 5.21. The van der Waals surface area contributed by atoms with Crippen molar-refractivity contribution in [2.75, 3.05) is 19.0 Å². The van der Waals surface area contributed by atoms with Crippen molar-refractivity contribution in [2.45, 2.75) is 45.1 Å². The minimum atomic E-state index is 0.334. The van der Waals surface area contributed by atoms with Crippen LogP contribution in [0.3, 0.4) is 0 Å². The van der Waals surface area contributed by atoms with Crippen LogP contribution < -0.4 is 5.32 Å². The van der Waals surface area contributed by atoms with E-state index in [1.807, 2.05) is 0 Å². The normalized spacial score (nSPS) is 16.4. The molecule has 4 heteroatoms. The van der Waals surface area contributed by atoms with Crippen molar-refractivity contribution in [3.63, 3.8) is 0 Å². The molecular weight excluding hydrogens is 214 g/mol. The number of aromatic nitrogens is 2. The van der Waals surface area contributed by atoms with Gasteiger partial charge in [0.05, 0.1) is 12.6 Å². The molecule has 1 aliphatic rings. The minimum Gasteiger partial charge on any atom is -0.383 e. The Bertz CT molecular complexity index is 368. The highest BCUT2D eigenvalue weighted by Crippen LogP contribution is 2.24. The number of aryl methyl sites for hydroxylation is 1. The van der Waals surface area contributed by atoms with Gasteiger partial charge in [-0.25, -0.2) is 9.97 Å². The van der Waals surface area contributed by atoms with Crippen LogP contribution in [-0.4, -0.2) is 29.7 Å². The monoisotopic (exact) mass is 235 g/mol. The molecule has 0 bridgehead atoms. The average molecular weight is 235 g/mol. The molecule has 0 radical (unpaired) electrons. The molecule has 1 atom stereocenters. The summed E-state index contributed by atoms with van der Waals surface area (Å²) in [7, 11) is 1.74. The van der Waals surface area contributed by atoms with Gasteiger partial charge in [0.15, 0.2) is 0 Å². The summed E-state index contributed by atoms with van der Waals surface area (Å²) < 4.78 is 5.21. The van der Waals surface area contributed by atoms with E-state index in [9.17, 15) is 0 Å². The van der Waals surface area contributed by atoms with Gasteiger partial charge >= 0.3 is 0 Å². The number of hydrogen-bond acceptors (Lipinski definition) is 4. The van der Waals surface area contributed by atoms with Gasteiger partial charge in [-0.05, 0) is 32.1 Å². The second kappa shape index (κ2) is 5.96. The highest BCUT2D eigenvalue weighted by atomic mass is 16.5. The third-order valence-electron chi connectivity index (χ3n) is 3.33. The van der Waals surface area contributed by atoms with Crippen LogP contribution in [0.4, 0.5) is 5.82 Å². The van der Waals surface area contributed by atoms with Crippen LogP contribution in [0.2, 0.25) is 0 Å². The first-order valence-corrected chi connectivity index (χ1v) is 6.43. The molecule has 0 amide bonds. The summed E-state index contributed by atoms with van der Waals surface area (Å²) in [6, 6.07) is 0.334. The number of nitrogens with zero attached hydrogens (tertiary/aromatic N) is 2. The molecule has 2 rings (SSSR count). The van der Waals surface area contributed by atoms with Crippen molar-refractivity contribution in [3.8, 4) is 0 Å². The van der Waals surface area contributed by atoms with E-state index in [0.717, 1.165) is 31.7 Å². The first-order valence-electron chi connectivity index (χ1n) is 6.43. The zero-order valence-electron chi connectivity index (χ0n) is 10.7. The molecule has 0 saturated heterocycles. The van der Waals surface area contributed by atoms with Crippen molar-refractivity contribution < 1.29 is 4.74 Å². The smallest absolute Gasteiger partial charge is 0.133 e. The van der Waals surface area contributed by atoms with E-state index >= 15 is 0 Å². The van der Waals surface area contributed by atoms with Gasteiger partial charge in [0.25, 0.3) is 0 Å². The van der Waals surface area contributed by atoms with Crippen molar-refractivity contribution in [1.82, 2.24) is 9.97 Å². The van der Waals surface area contributed by atoms with Crippen molar-refractivity contribution in [2.24, 2.45) is 0 Å². The topological polar surface area (TPSA) is 47.0 Å². The summed E-state index contributed by atoms with van der Waals surface area (Å²) in [6.07, 6.45) is 7.39. The number of ether oxygens (including phenoxy) is 1. The molecule has 1 aromatic heterocycles. The zero-order chi connectivity index (χ0) is 12.1. The fourth-order valence-corrected chi connectivity index (χ4v) is 2.30. The van der Waals surface area contributed by atoms with E-state index in [-0.39, 0.29) is 0 Å². The largest absolute Gasteiger partial charge is 0.383 e. The fraction of sp³-hybridized carbons (Fsp3) is 0.692. The summed E-state index contributed by atoms with van der Waals surface area (Å²) >= 11 is 0. The lowest BCUT2D eigenvalue weighted by Crippen LogP contribution is -2.26. The first kappa shape index (κ1) is 12.3. The third kappa shape index (κ3) is 2.94. The lowest BCUT2D eigenvalue weighted by Gasteiger charge is -2.22. The van der Waals surface area contributed by atoms with Gasteiger partial charge in [-0.3, -0.25) is 0 Å². The summed E-state index contributed by atoms with van der Waals surface area (Å²) in [5, 5.41) is 3.48. The molecule has 1 N–H and O–H groups in total. The third-order valence-corrected chi connectivity index (χ3v) is 3.33. The van der Waals surface area contributed by atoms with Crippen LogP contribution in [0.5, 0.6) is 0 Å². The SMILES string of the molecule is CCC(COC)Nc1ncnc2c1CCCC2. The standard InChI is InChI=1S/C13H21N3O/c1-3-10(8-17-2)16-13-11-6-4-5-7-12(11)14-9-15-13/h9-10H,3-8H2,1-2H3,(H,14,15,16). The molecular formula is C13H21N3O. The zero-order valence-corrected chi connectivity index (χ0v) is 10.7. The highest BCUT2D eigenvalue weighted by Gasteiger charge is 2.17. The van der Waals surface area contributed by atoms with Crippen molar-refractivity contribution >= 4 is 5.82 Å². The molecule has 1 aliphatic carbocycles. The lowest BCUT2D eigenvalue weighted by atomic mass is 9.96. The lowest BCUT2D eigenvalue weighted by molar-refractivity contribution is 0.184. The van der Waals surface area contributed by atoms with Gasteiger partial charge in [-0.15, -0.1) is 0 Å². The van der Waals surface area contributed by atoms with E-state index in [0.29, 0.717) is 6.04 Å². The van der Waals surface area contributed by atoms with Crippen LogP contribution in [0.25, 0.3) is 0 Å². The Kier molecular flexibility index (Phi) is 4.31. The van der Waals surface area contributed by atoms with Crippen LogP contribution in [0.1, 0.15) is 37.4 Å². The Morgan fingerprint density at radius 2 is 2.18 bits per heavy atom. The Morgan fingerprint density at radius 1 is 1.35 bits per heavy atom. The number of hydrogen-bond donors (Lipinski definition) is 1. The number of methoxy groups -OCH3 is 1. The Morgan fingerprint density at radius 3 is 2.94 bits per heavy atom. The maximum Gasteiger partial charge on any atom is 0.133 e. The summed E-state index contributed by atoms with van der Waals surface area (Å²) in [5.41, 5.74) is 2.54. The van der Waals surface area contributed by atoms with Gasteiger partial charge in [0.2, 0.25) is 0 Å². The van der Waals surface area contributed by atoms with E-state index in [4.69, 9.17) is 4.74 Å². The van der Waals surface area contributed by atoms with Gasteiger partial charge < -0.3 is 10.1 Å². The predicted molar refractivity (Wildman–Crippen MR) is 68.3 cm³/mol.